The first-order valence-electron chi connectivity index (χ1n) is 6.63. The molecule has 0 saturated heterocycles. The number of nitrogens with one attached hydrogen (secondary N) is 2. The van der Waals surface area contributed by atoms with E-state index in [1.54, 1.807) is 4.90 Å². The lowest BCUT2D eigenvalue weighted by molar-refractivity contribution is -0.118. The van der Waals surface area contributed by atoms with Crippen LogP contribution in [0.25, 0.3) is 10.9 Å². The van der Waals surface area contributed by atoms with Gasteiger partial charge in [-0.2, -0.15) is 0 Å². The van der Waals surface area contributed by atoms with Crippen molar-refractivity contribution in [2.24, 2.45) is 0 Å². The first-order chi connectivity index (χ1) is 9.15. The van der Waals surface area contributed by atoms with Gasteiger partial charge in [0.1, 0.15) is 0 Å². The van der Waals surface area contributed by atoms with E-state index < -0.39 is 0 Å². The molecule has 0 atom stereocenters. The van der Waals surface area contributed by atoms with Crippen molar-refractivity contribution in [1.29, 1.82) is 0 Å². The van der Waals surface area contributed by atoms with Gasteiger partial charge < -0.3 is 15.2 Å². The molecule has 2 aromatic rings. The van der Waals surface area contributed by atoms with Crippen LogP contribution in [0.5, 0.6) is 0 Å². The van der Waals surface area contributed by atoms with Crippen LogP contribution in [0.3, 0.4) is 0 Å². The highest BCUT2D eigenvalue weighted by atomic mass is 16.2. The molecular weight excluding hydrogens is 238 g/mol. The minimum atomic E-state index is 0.156. The van der Waals surface area contributed by atoms with Gasteiger partial charge in [-0.15, -0.1) is 0 Å². The smallest absolute Gasteiger partial charge is 0.226 e. The molecule has 0 aliphatic carbocycles. The standard InChI is InChI=1S/C15H21N3O/c1-11-15(12-7-4-5-8-13(12)17-11)18(3)14(19)9-6-10-16-2/h4-5,7-8,16-17H,6,9-10H2,1-3H3. The van der Waals surface area contributed by atoms with Gasteiger partial charge in [-0.05, 0) is 33.0 Å². The Kier molecular flexibility index (Phi) is 4.22. The number of nitrogens with zero attached hydrogens (tertiary/aromatic N) is 1. The van der Waals surface area contributed by atoms with Crippen LogP contribution in [0, 0.1) is 6.92 Å². The Bertz CT molecular complexity index is 574. The van der Waals surface area contributed by atoms with Gasteiger partial charge in [-0.25, -0.2) is 0 Å². The third-order valence-electron chi connectivity index (χ3n) is 3.39. The number of aromatic nitrogens is 1. The summed E-state index contributed by atoms with van der Waals surface area (Å²) in [4.78, 5) is 17.3. The van der Waals surface area contributed by atoms with Crippen LogP contribution in [0.4, 0.5) is 5.69 Å². The molecule has 0 bridgehead atoms. The number of aryl methyl sites for hydroxylation is 1. The number of hydrogen-bond donors (Lipinski definition) is 2. The molecule has 1 aromatic carbocycles. The van der Waals surface area contributed by atoms with E-state index >= 15 is 0 Å². The largest absolute Gasteiger partial charge is 0.357 e. The van der Waals surface area contributed by atoms with Crippen LogP contribution in [-0.4, -0.2) is 31.5 Å². The molecular formula is C15H21N3O. The maximum absolute atomic E-state index is 12.2. The molecule has 1 heterocycles. The monoisotopic (exact) mass is 259 g/mol. The summed E-state index contributed by atoms with van der Waals surface area (Å²) >= 11 is 0. The SMILES string of the molecule is CNCCCC(=O)N(C)c1c(C)[nH]c2ccccc12. The van der Waals surface area contributed by atoms with Crippen molar-refractivity contribution in [2.45, 2.75) is 19.8 Å². The lowest BCUT2D eigenvalue weighted by Crippen LogP contribution is -2.27. The van der Waals surface area contributed by atoms with Gasteiger partial charge >= 0.3 is 0 Å². The molecule has 0 aliphatic rings. The summed E-state index contributed by atoms with van der Waals surface area (Å²) in [5, 5.41) is 4.16. The predicted molar refractivity (Wildman–Crippen MR) is 79.6 cm³/mol. The third-order valence-corrected chi connectivity index (χ3v) is 3.39. The second-order valence-electron chi connectivity index (χ2n) is 4.80. The van der Waals surface area contributed by atoms with Gasteiger partial charge in [0.15, 0.2) is 0 Å². The Labute approximate surface area is 113 Å². The average Bonchev–Trinajstić information content (AvgIpc) is 2.74. The van der Waals surface area contributed by atoms with Gasteiger partial charge in [0.25, 0.3) is 0 Å². The molecule has 0 spiro atoms. The van der Waals surface area contributed by atoms with E-state index in [0.717, 1.165) is 35.2 Å². The fourth-order valence-electron chi connectivity index (χ4n) is 2.40. The van der Waals surface area contributed by atoms with E-state index in [1.165, 1.54) is 0 Å². The van der Waals surface area contributed by atoms with Gasteiger partial charge in [0.05, 0.1) is 5.69 Å². The van der Waals surface area contributed by atoms with E-state index in [0.29, 0.717) is 6.42 Å². The van der Waals surface area contributed by atoms with Crippen molar-refractivity contribution in [3.8, 4) is 0 Å². The van der Waals surface area contributed by atoms with Gasteiger partial charge in [0, 0.05) is 30.1 Å². The van der Waals surface area contributed by atoms with Crippen molar-refractivity contribution in [3.63, 3.8) is 0 Å². The van der Waals surface area contributed by atoms with E-state index in [-0.39, 0.29) is 5.91 Å². The number of hydrogen-bond acceptors (Lipinski definition) is 2. The second-order valence-corrected chi connectivity index (χ2v) is 4.80. The highest BCUT2D eigenvalue weighted by Gasteiger charge is 2.17. The van der Waals surface area contributed by atoms with Crippen molar-refractivity contribution in [1.82, 2.24) is 10.3 Å². The van der Waals surface area contributed by atoms with Gasteiger partial charge in [-0.1, -0.05) is 18.2 Å². The molecule has 4 nitrogen and oxygen atoms in total. The number of benzene rings is 1. The zero-order chi connectivity index (χ0) is 13.8. The normalized spacial score (nSPS) is 10.9. The Morgan fingerprint density at radius 3 is 2.84 bits per heavy atom. The van der Waals surface area contributed by atoms with Gasteiger partial charge in [-0.3, -0.25) is 4.79 Å². The summed E-state index contributed by atoms with van der Waals surface area (Å²) in [5.74, 6) is 0.156. The Morgan fingerprint density at radius 2 is 2.11 bits per heavy atom. The number of amides is 1. The number of carbonyl (C=O) groups excluding carboxylic acids is 1. The highest BCUT2D eigenvalue weighted by molar-refractivity contribution is 6.04. The minimum absolute atomic E-state index is 0.156. The molecule has 2 rings (SSSR count). The molecule has 102 valence electrons. The number of rotatable bonds is 5. The van der Waals surface area contributed by atoms with Crippen LogP contribution in [0.2, 0.25) is 0 Å². The zero-order valence-corrected chi connectivity index (χ0v) is 11.8. The second kappa shape index (κ2) is 5.89. The van der Waals surface area contributed by atoms with Crippen LogP contribution < -0.4 is 10.2 Å². The number of H-pyrrole nitrogens is 1. The Morgan fingerprint density at radius 1 is 1.37 bits per heavy atom. The summed E-state index contributed by atoms with van der Waals surface area (Å²) in [5.41, 5.74) is 3.10. The summed E-state index contributed by atoms with van der Waals surface area (Å²) in [6, 6.07) is 8.08. The van der Waals surface area contributed by atoms with Crippen LogP contribution in [-0.2, 0) is 4.79 Å². The highest BCUT2D eigenvalue weighted by Crippen LogP contribution is 2.30. The molecule has 4 heteroatoms. The molecule has 0 unspecified atom stereocenters. The topological polar surface area (TPSA) is 48.1 Å². The van der Waals surface area contributed by atoms with Crippen molar-refractivity contribution in [2.75, 3.05) is 25.5 Å². The van der Waals surface area contributed by atoms with Crippen molar-refractivity contribution in [3.05, 3.63) is 30.0 Å². The molecule has 0 fully saturated rings. The number of anilines is 1. The lowest BCUT2D eigenvalue weighted by Gasteiger charge is -2.17. The maximum atomic E-state index is 12.2. The summed E-state index contributed by atoms with van der Waals surface area (Å²) in [6.07, 6.45) is 1.43. The molecule has 1 amide bonds. The number of aromatic amines is 1. The van der Waals surface area contributed by atoms with Crippen molar-refractivity contribution < 1.29 is 4.79 Å². The van der Waals surface area contributed by atoms with Crippen LogP contribution >= 0.6 is 0 Å². The molecule has 2 N–H and O–H groups in total. The average molecular weight is 259 g/mol. The first-order valence-corrected chi connectivity index (χ1v) is 6.63. The number of carbonyl (C=O) groups is 1. The lowest BCUT2D eigenvalue weighted by atomic mass is 10.2. The van der Waals surface area contributed by atoms with Gasteiger partial charge in [0.2, 0.25) is 5.91 Å². The Hall–Kier alpha value is -1.81. The van der Waals surface area contributed by atoms with E-state index in [4.69, 9.17) is 0 Å². The van der Waals surface area contributed by atoms with E-state index in [9.17, 15) is 4.79 Å². The fraction of sp³-hybridized carbons (Fsp3) is 0.400. The molecule has 0 aliphatic heterocycles. The molecule has 19 heavy (non-hydrogen) atoms. The quantitative estimate of drug-likeness (QED) is 0.810. The third kappa shape index (κ3) is 2.79. The minimum Gasteiger partial charge on any atom is -0.357 e. The summed E-state index contributed by atoms with van der Waals surface area (Å²) in [7, 11) is 3.75. The Balaban J connectivity index is 2.23. The maximum Gasteiger partial charge on any atom is 0.226 e. The summed E-state index contributed by atoms with van der Waals surface area (Å²) in [6.45, 7) is 2.87. The first kappa shape index (κ1) is 13.6. The van der Waals surface area contributed by atoms with Crippen LogP contribution in [0.15, 0.2) is 24.3 Å². The molecule has 0 saturated carbocycles. The van der Waals surface area contributed by atoms with Crippen LogP contribution in [0.1, 0.15) is 18.5 Å². The molecule has 0 radical (unpaired) electrons. The fourth-order valence-corrected chi connectivity index (χ4v) is 2.40. The van der Waals surface area contributed by atoms with Crippen molar-refractivity contribution >= 4 is 22.5 Å². The predicted octanol–water partition coefficient (Wildman–Crippen LogP) is 2.44. The molecule has 1 aromatic heterocycles. The summed E-state index contributed by atoms with van der Waals surface area (Å²) < 4.78 is 0. The van der Waals surface area contributed by atoms with E-state index in [2.05, 4.69) is 10.3 Å². The number of para-hydroxylation sites is 1. The van der Waals surface area contributed by atoms with E-state index in [1.807, 2.05) is 45.3 Å². The number of fused-ring (bicyclic) bond motifs is 1. The zero-order valence-electron chi connectivity index (χ0n) is 11.8.